The Kier molecular flexibility index (Phi) is 3.43. The van der Waals surface area contributed by atoms with E-state index in [0.717, 1.165) is 17.5 Å². The molecule has 1 aliphatic carbocycles. The maximum Gasteiger partial charge on any atom is 0.395 e. The van der Waals surface area contributed by atoms with Gasteiger partial charge in [0.15, 0.2) is 0 Å². The van der Waals surface area contributed by atoms with Crippen molar-refractivity contribution in [3.05, 3.63) is 66.2 Å². The summed E-state index contributed by atoms with van der Waals surface area (Å²) in [7, 11) is -0.321. The normalized spacial score (nSPS) is 17.2. The summed E-state index contributed by atoms with van der Waals surface area (Å²) >= 11 is 0. The minimum absolute atomic E-state index is 0.321. The van der Waals surface area contributed by atoms with Crippen LogP contribution in [-0.4, -0.2) is 0 Å². The van der Waals surface area contributed by atoms with Crippen molar-refractivity contribution in [1.29, 1.82) is 0 Å². The van der Waals surface area contributed by atoms with Gasteiger partial charge >= 0.3 is 8.69 Å². The second kappa shape index (κ2) is 5.38. The molecule has 2 aromatic rings. The van der Waals surface area contributed by atoms with E-state index in [0.29, 0.717) is 11.7 Å². The van der Waals surface area contributed by atoms with Crippen molar-refractivity contribution in [3.8, 4) is 16.9 Å². The van der Waals surface area contributed by atoms with Gasteiger partial charge in [-0.05, 0) is 23.6 Å². The van der Waals surface area contributed by atoms with Crippen molar-refractivity contribution in [1.82, 2.24) is 0 Å². The highest BCUT2D eigenvalue weighted by atomic mass is 31.1. The van der Waals surface area contributed by atoms with Crippen LogP contribution in [0, 0.1) is 0 Å². The van der Waals surface area contributed by atoms with Crippen molar-refractivity contribution < 1.29 is 9.09 Å². The Hall–Kier alpha value is -1.92. The standard InChI is InChI=1S/C16H13O2P/c17-19-18-15-11-5-10-14(12-8-4-9-12)16(15)13-6-2-1-3-7-13/h1-8,10-12H,9H2. The van der Waals surface area contributed by atoms with Gasteiger partial charge in [-0.2, -0.15) is 0 Å². The van der Waals surface area contributed by atoms with E-state index in [1.165, 1.54) is 5.56 Å². The Morgan fingerprint density at radius 2 is 1.84 bits per heavy atom. The molecule has 0 amide bonds. The molecule has 1 aliphatic rings. The van der Waals surface area contributed by atoms with Gasteiger partial charge < -0.3 is 4.52 Å². The predicted octanol–water partition coefficient (Wildman–Crippen LogP) is 4.98. The minimum atomic E-state index is -0.321. The SMILES string of the molecule is O=POc1cccc(C2C=CC2)c1-c1ccccc1. The molecule has 19 heavy (non-hydrogen) atoms. The number of allylic oxidation sites excluding steroid dienone is 2. The molecule has 0 heterocycles. The third kappa shape index (κ3) is 2.32. The average molecular weight is 268 g/mol. The molecule has 3 rings (SSSR count). The van der Waals surface area contributed by atoms with Gasteiger partial charge in [-0.15, -0.1) is 0 Å². The Labute approximate surface area is 114 Å². The van der Waals surface area contributed by atoms with Crippen LogP contribution >= 0.6 is 8.69 Å². The molecule has 0 spiro atoms. The largest absolute Gasteiger partial charge is 0.407 e. The van der Waals surface area contributed by atoms with Crippen LogP contribution in [0.15, 0.2) is 60.7 Å². The molecule has 0 bridgehead atoms. The molecule has 0 aromatic heterocycles. The minimum Gasteiger partial charge on any atom is -0.407 e. The first kappa shape index (κ1) is 12.1. The molecule has 0 N–H and O–H groups in total. The summed E-state index contributed by atoms with van der Waals surface area (Å²) < 4.78 is 16.0. The fourth-order valence-corrected chi connectivity index (χ4v) is 2.62. The van der Waals surface area contributed by atoms with E-state index in [-0.39, 0.29) is 8.69 Å². The van der Waals surface area contributed by atoms with Gasteiger partial charge in [0.05, 0.1) is 0 Å². The third-order valence-electron chi connectivity index (χ3n) is 3.41. The van der Waals surface area contributed by atoms with E-state index in [2.05, 4.69) is 30.4 Å². The first-order chi connectivity index (χ1) is 9.40. The average Bonchev–Trinajstić information content (AvgIpc) is 2.38. The van der Waals surface area contributed by atoms with Gasteiger partial charge in [-0.25, -0.2) is 4.57 Å². The summed E-state index contributed by atoms with van der Waals surface area (Å²) in [5.74, 6) is 1.10. The van der Waals surface area contributed by atoms with Crippen LogP contribution in [0.5, 0.6) is 5.75 Å². The molecule has 0 radical (unpaired) electrons. The Bertz CT molecular complexity index is 620. The molecule has 0 fully saturated rings. The van der Waals surface area contributed by atoms with Crippen molar-refractivity contribution in [2.45, 2.75) is 12.3 Å². The van der Waals surface area contributed by atoms with Crippen LogP contribution < -0.4 is 4.52 Å². The van der Waals surface area contributed by atoms with Crippen LogP contribution in [0.25, 0.3) is 11.1 Å². The smallest absolute Gasteiger partial charge is 0.395 e. The van der Waals surface area contributed by atoms with Crippen LogP contribution in [0.4, 0.5) is 0 Å². The van der Waals surface area contributed by atoms with E-state index in [1.807, 2.05) is 30.3 Å². The molecule has 0 saturated heterocycles. The maximum absolute atomic E-state index is 10.8. The van der Waals surface area contributed by atoms with Gasteiger partial charge in [0.25, 0.3) is 0 Å². The predicted molar refractivity (Wildman–Crippen MR) is 76.6 cm³/mol. The van der Waals surface area contributed by atoms with E-state index >= 15 is 0 Å². The lowest BCUT2D eigenvalue weighted by molar-refractivity contribution is 0.525. The maximum atomic E-state index is 10.8. The zero-order valence-corrected chi connectivity index (χ0v) is 11.2. The molecule has 1 unspecified atom stereocenters. The molecule has 0 aliphatic heterocycles. The van der Waals surface area contributed by atoms with E-state index in [1.54, 1.807) is 0 Å². The van der Waals surface area contributed by atoms with Crippen LogP contribution in [0.2, 0.25) is 0 Å². The second-order valence-electron chi connectivity index (χ2n) is 4.52. The molecule has 1 atom stereocenters. The first-order valence-electron chi connectivity index (χ1n) is 6.25. The molecular formula is C16H13O2P. The number of hydrogen-bond donors (Lipinski definition) is 0. The van der Waals surface area contributed by atoms with E-state index in [4.69, 9.17) is 4.52 Å². The summed E-state index contributed by atoms with van der Waals surface area (Å²) in [6.07, 6.45) is 5.41. The lowest BCUT2D eigenvalue weighted by Gasteiger charge is -2.22. The Morgan fingerprint density at radius 3 is 2.47 bits per heavy atom. The van der Waals surface area contributed by atoms with Gasteiger partial charge in [-0.3, -0.25) is 0 Å². The highest BCUT2D eigenvalue weighted by molar-refractivity contribution is 7.17. The summed E-state index contributed by atoms with van der Waals surface area (Å²) in [4.78, 5) is 0. The zero-order valence-electron chi connectivity index (χ0n) is 10.3. The van der Waals surface area contributed by atoms with Gasteiger partial charge in [0.2, 0.25) is 0 Å². The van der Waals surface area contributed by atoms with Crippen molar-refractivity contribution >= 4 is 8.69 Å². The van der Waals surface area contributed by atoms with E-state index in [9.17, 15) is 4.57 Å². The summed E-state index contributed by atoms with van der Waals surface area (Å²) in [6.45, 7) is 0. The quantitative estimate of drug-likeness (QED) is 0.577. The molecular weight excluding hydrogens is 255 g/mol. The molecule has 0 saturated carbocycles. The molecule has 2 nitrogen and oxygen atoms in total. The molecule has 2 aromatic carbocycles. The summed E-state index contributed by atoms with van der Waals surface area (Å²) in [5, 5.41) is 0. The summed E-state index contributed by atoms with van der Waals surface area (Å²) in [6, 6.07) is 16.0. The van der Waals surface area contributed by atoms with Crippen LogP contribution in [0.3, 0.4) is 0 Å². The van der Waals surface area contributed by atoms with Gasteiger partial charge in [0.1, 0.15) is 5.75 Å². The number of benzene rings is 2. The van der Waals surface area contributed by atoms with Crippen molar-refractivity contribution in [2.24, 2.45) is 0 Å². The van der Waals surface area contributed by atoms with Crippen LogP contribution in [0.1, 0.15) is 17.9 Å². The van der Waals surface area contributed by atoms with E-state index < -0.39 is 0 Å². The second-order valence-corrected chi connectivity index (χ2v) is 4.85. The lowest BCUT2D eigenvalue weighted by Crippen LogP contribution is -2.03. The number of hydrogen-bond acceptors (Lipinski definition) is 2. The highest BCUT2D eigenvalue weighted by Crippen LogP contribution is 2.41. The third-order valence-corrected chi connectivity index (χ3v) is 3.69. The lowest BCUT2D eigenvalue weighted by atomic mass is 9.83. The monoisotopic (exact) mass is 268 g/mol. The first-order valence-corrected chi connectivity index (χ1v) is 6.98. The number of rotatable bonds is 4. The Balaban J connectivity index is 2.17. The topological polar surface area (TPSA) is 26.3 Å². The molecule has 3 heteroatoms. The fourth-order valence-electron chi connectivity index (χ4n) is 2.39. The zero-order chi connectivity index (χ0) is 13.1. The van der Waals surface area contributed by atoms with Gasteiger partial charge in [-0.1, -0.05) is 54.6 Å². The fraction of sp³-hybridized carbons (Fsp3) is 0.125. The Morgan fingerprint density at radius 1 is 1.05 bits per heavy atom. The van der Waals surface area contributed by atoms with Crippen molar-refractivity contribution in [2.75, 3.05) is 0 Å². The van der Waals surface area contributed by atoms with Gasteiger partial charge in [0, 0.05) is 11.5 Å². The highest BCUT2D eigenvalue weighted by Gasteiger charge is 2.20. The molecule has 94 valence electrons. The van der Waals surface area contributed by atoms with Crippen LogP contribution in [-0.2, 0) is 4.57 Å². The van der Waals surface area contributed by atoms with Crippen molar-refractivity contribution in [3.63, 3.8) is 0 Å². The summed E-state index contributed by atoms with van der Waals surface area (Å²) in [5.41, 5.74) is 3.37.